The second kappa shape index (κ2) is 9.10. The van der Waals surface area contributed by atoms with Crippen molar-refractivity contribution in [2.75, 3.05) is 19.8 Å². The van der Waals surface area contributed by atoms with Gasteiger partial charge in [-0.15, -0.1) is 0 Å². The molecule has 0 fully saturated rings. The van der Waals surface area contributed by atoms with E-state index in [4.69, 9.17) is 9.47 Å². The number of pyridine rings is 1. The Labute approximate surface area is 126 Å². The van der Waals surface area contributed by atoms with Crippen molar-refractivity contribution in [3.05, 3.63) is 59.9 Å². The molecule has 1 heterocycles. The summed E-state index contributed by atoms with van der Waals surface area (Å²) in [6, 6.07) is 13.8. The Bertz CT molecular complexity index is 500. The Morgan fingerprint density at radius 3 is 2.62 bits per heavy atom. The van der Waals surface area contributed by atoms with Gasteiger partial charge in [0, 0.05) is 12.7 Å². The van der Waals surface area contributed by atoms with Gasteiger partial charge in [0.15, 0.2) is 0 Å². The highest BCUT2D eigenvalue weighted by atomic mass is 16.5. The molecular weight excluding hydrogens is 264 g/mol. The molecule has 1 N–H and O–H groups in total. The van der Waals surface area contributed by atoms with E-state index in [0.29, 0.717) is 19.8 Å². The van der Waals surface area contributed by atoms with Crippen LogP contribution in [0.1, 0.15) is 18.2 Å². The summed E-state index contributed by atoms with van der Waals surface area (Å²) in [6.07, 6.45) is 1.89. The fourth-order valence-corrected chi connectivity index (χ4v) is 1.83. The van der Waals surface area contributed by atoms with Crippen LogP contribution in [-0.2, 0) is 17.9 Å². The van der Waals surface area contributed by atoms with Gasteiger partial charge < -0.3 is 14.8 Å². The zero-order chi connectivity index (χ0) is 14.8. The third-order valence-corrected chi connectivity index (χ3v) is 2.95. The van der Waals surface area contributed by atoms with Gasteiger partial charge in [0.05, 0.1) is 18.9 Å². The molecule has 21 heavy (non-hydrogen) atoms. The van der Waals surface area contributed by atoms with E-state index in [1.54, 1.807) is 0 Å². The number of aromatic nitrogens is 1. The summed E-state index contributed by atoms with van der Waals surface area (Å²) in [4.78, 5) is 4.38. The normalized spacial score (nSPS) is 10.5. The van der Waals surface area contributed by atoms with Crippen LogP contribution in [0.3, 0.4) is 0 Å². The second-order valence-corrected chi connectivity index (χ2v) is 4.65. The smallest absolute Gasteiger partial charge is 0.119 e. The minimum Gasteiger partial charge on any atom is -0.491 e. The molecule has 0 unspecified atom stereocenters. The lowest BCUT2D eigenvalue weighted by Gasteiger charge is -2.07. The zero-order valence-electron chi connectivity index (χ0n) is 12.4. The van der Waals surface area contributed by atoms with Crippen molar-refractivity contribution in [3.8, 4) is 5.75 Å². The minimum atomic E-state index is 0.514. The summed E-state index contributed by atoms with van der Waals surface area (Å²) in [6.45, 7) is 5.52. The Balaban J connectivity index is 1.62. The molecule has 0 saturated heterocycles. The fraction of sp³-hybridized carbons (Fsp3) is 0.353. The van der Waals surface area contributed by atoms with Crippen LogP contribution in [0.15, 0.2) is 48.7 Å². The number of nitrogens with zero attached hydrogens (tertiary/aromatic N) is 1. The first-order valence-electron chi connectivity index (χ1n) is 7.28. The molecule has 0 radical (unpaired) electrons. The second-order valence-electron chi connectivity index (χ2n) is 4.65. The molecule has 1 aromatic carbocycles. The first-order valence-corrected chi connectivity index (χ1v) is 7.28. The standard InChI is InChI=1S/C17H22N2O2/c1-2-18-12-15-8-9-16(19-13-15)14-20-10-11-21-17-6-4-3-5-7-17/h3-9,13,18H,2,10-12,14H2,1H3. The van der Waals surface area contributed by atoms with Gasteiger partial charge in [-0.1, -0.05) is 31.2 Å². The summed E-state index contributed by atoms with van der Waals surface area (Å²) >= 11 is 0. The number of ether oxygens (including phenoxy) is 2. The molecule has 0 amide bonds. The number of benzene rings is 1. The van der Waals surface area contributed by atoms with Crippen LogP contribution in [0.4, 0.5) is 0 Å². The number of hydrogen-bond donors (Lipinski definition) is 1. The average molecular weight is 286 g/mol. The van der Waals surface area contributed by atoms with Crippen molar-refractivity contribution in [1.82, 2.24) is 10.3 Å². The van der Waals surface area contributed by atoms with Crippen LogP contribution in [0, 0.1) is 0 Å². The van der Waals surface area contributed by atoms with E-state index in [1.807, 2.05) is 42.6 Å². The Morgan fingerprint density at radius 1 is 1.05 bits per heavy atom. The Morgan fingerprint density at radius 2 is 1.90 bits per heavy atom. The molecule has 0 aliphatic heterocycles. The lowest BCUT2D eigenvalue weighted by Crippen LogP contribution is -2.12. The molecule has 4 nitrogen and oxygen atoms in total. The van der Waals surface area contributed by atoms with Gasteiger partial charge in [-0.25, -0.2) is 0 Å². The highest BCUT2D eigenvalue weighted by Crippen LogP contribution is 2.08. The third-order valence-electron chi connectivity index (χ3n) is 2.95. The lowest BCUT2D eigenvalue weighted by molar-refractivity contribution is 0.0869. The fourth-order valence-electron chi connectivity index (χ4n) is 1.83. The van der Waals surface area contributed by atoms with Crippen LogP contribution in [0.2, 0.25) is 0 Å². The number of para-hydroxylation sites is 1. The predicted molar refractivity (Wildman–Crippen MR) is 83.2 cm³/mol. The predicted octanol–water partition coefficient (Wildman–Crippen LogP) is 2.79. The first kappa shape index (κ1) is 15.5. The van der Waals surface area contributed by atoms with E-state index in [1.165, 1.54) is 5.56 Å². The van der Waals surface area contributed by atoms with E-state index in [2.05, 4.69) is 23.3 Å². The third kappa shape index (κ3) is 5.94. The molecule has 0 aliphatic rings. The van der Waals surface area contributed by atoms with Crippen LogP contribution in [-0.4, -0.2) is 24.7 Å². The van der Waals surface area contributed by atoms with Crippen LogP contribution in [0.25, 0.3) is 0 Å². The number of rotatable bonds is 9. The molecule has 2 rings (SSSR count). The van der Waals surface area contributed by atoms with Crippen LogP contribution < -0.4 is 10.1 Å². The van der Waals surface area contributed by atoms with Gasteiger partial charge in [0.2, 0.25) is 0 Å². The summed E-state index contributed by atoms with van der Waals surface area (Å²) in [5, 5.41) is 3.27. The zero-order valence-corrected chi connectivity index (χ0v) is 12.4. The Hall–Kier alpha value is -1.91. The van der Waals surface area contributed by atoms with E-state index in [0.717, 1.165) is 24.5 Å². The maximum Gasteiger partial charge on any atom is 0.119 e. The summed E-state index contributed by atoms with van der Waals surface area (Å²) in [5.74, 6) is 0.868. The van der Waals surface area contributed by atoms with Crippen molar-refractivity contribution in [2.24, 2.45) is 0 Å². The van der Waals surface area contributed by atoms with Crippen molar-refractivity contribution in [1.29, 1.82) is 0 Å². The SMILES string of the molecule is CCNCc1ccc(COCCOc2ccccc2)nc1. The number of hydrogen-bond acceptors (Lipinski definition) is 4. The monoisotopic (exact) mass is 286 g/mol. The van der Waals surface area contributed by atoms with Gasteiger partial charge in [-0.2, -0.15) is 0 Å². The maximum atomic E-state index is 5.56. The van der Waals surface area contributed by atoms with Crippen molar-refractivity contribution >= 4 is 0 Å². The molecule has 112 valence electrons. The lowest BCUT2D eigenvalue weighted by atomic mass is 10.2. The highest BCUT2D eigenvalue weighted by molar-refractivity contribution is 5.20. The maximum absolute atomic E-state index is 5.56. The molecule has 0 bridgehead atoms. The summed E-state index contributed by atoms with van der Waals surface area (Å²) in [7, 11) is 0. The average Bonchev–Trinajstić information content (AvgIpc) is 2.55. The van der Waals surface area contributed by atoms with Gasteiger partial charge in [0.1, 0.15) is 12.4 Å². The van der Waals surface area contributed by atoms with Crippen molar-refractivity contribution in [2.45, 2.75) is 20.1 Å². The molecule has 2 aromatic rings. The molecule has 0 atom stereocenters. The van der Waals surface area contributed by atoms with Gasteiger partial charge in [-0.05, 0) is 30.3 Å². The Kier molecular flexibility index (Phi) is 6.71. The molecule has 0 aliphatic carbocycles. The largest absolute Gasteiger partial charge is 0.491 e. The number of nitrogens with one attached hydrogen (secondary N) is 1. The van der Waals surface area contributed by atoms with Crippen LogP contribution in [0.5, 0.6) is 5.75 Å². The molecule has 4 heteroatoms. The first-order chi connectivity index (χ1) is 10.4. The quantitative estimate of drug-likeness (QED) is 0.720. The summed E-state index contributed by atoms with van der Waals surface area (Å²) < 4.78 is 11.1. The molecule has 1 aromatic heterocycles. The van der Waals surface area contributed by atoms with Gasteiger partial charge in [0.25, 0.3) is 0 Å². The topological polar surface area (TPSA) is 43.4 Å². The minimum absolute atomic E-state index is 0.514. The van der Waals surface area contributed by atoms with E-state index in [-0.39, 0.29) is 0 Å². The van der Waals surface area contributed by atoms with Crippen molar-refractivity contribution < 1.29 is 9.47 Å². The van der Waals surface area contributed by atoms with Gasteiger partial charge in [-0.3, -0.25) is 4.98 Å². The molecular formula is C17H22N2O2. The molecule has 0 saturated carbocycles. The molecule has 0 spiro atoms. The highest BCUT2D eigenvalue weighted by Gasteiger charge is 1.97. The summed E-state index contributed by atoms with van der Waals surface area (Å²) in [5.41, 5.74) is 2.13. The van der Waals surface area contributed by atoms with E-state index < -0.39 is 0 Å². The van der Waals surface area contributed by atoms with Crippen molar-refractivity contribution in [3.63, 3.8) is 0 Å². The van der Waals surface area contributed by atoms with Crippen LogP contribution >= 0.6 is 0 Å². The van der Waals surface area contributed by atoms with Gasteiger partial charge >= 0.3 is 0 Å². The van der Waals surface area contributed by atoms with E-state index >= 15 is 0 Å². The van der Waals surface area contributed by atoms with E-state index in [9.17, 15) is 0 Å².